The molecule has 4 rings (SSSR count). The molecule has 5 heteroatoms. The molecule has 0 spiro atoms. The first-order valence-electron chi connectivity index (χ1n) is 8.77. The first kappa shape index (κ1) is 15.8. The topological polar surface area (TPSA) is 67.9 Å². The average Bonchev–Trinajstić information content (AvgIpc) is 2.53. The summed E-state index contributed by atoms with van der Waals surface area (Å²) in [5, 5.41) is 0.872. The summed E-state index contributed by atoms with van der Waals surface area (Å²) in [6.07, 6.45) is 5.24. The number of hydrogen-bond donors (Lipinski definition) is 1. The van der Waals surface area contributed by atoms with E-state index in [4.69, 9.17) is 10.7 Å². The second-order valence-electron chi connectivity index (χ2n) is 6.95. The minimum Gasteiger partial charge on any atom is -0.383 e. The van der Waals surface area contributed by atoms with Gasteiger partial charge in [-0.1, -0.05) is 18.2 Å². The molecule has 0 atom stereocenters. The Kier molecular flexibility index (Phi) is 3.79. The van der Waals surface area contributed by atoms with Crippen LogP contribution in [0.15, 0.2) is 30.6 Å². The lowest BCUT2D eigenvalue weighted by Crippen LogP contribution is -2.37. The zero-order chi connectivity index (χ0) is 17.6. The first-order chi connectivity index (χ1) is 12.1. The summed E-state index contributed by atoms with van der Waals surface area (Å²) in [5.74, 6) is 1.44. The van der Waals surface area contributed by atoms with Gasteiger partial charge >= 0.3 is 0 Å². The number of anilines is 2. The van der Waals surface area contributed by atoms with Gasteiger partial charge in [0.05, 0.1) is 5.69 Å². The number of fused-ring (bicyclic) bond motifs is 1. The van der Waals surface area contributed by atoms with E-state index in [0.29, 0.717) is 11.9 Å². The van der Waals surface area contributed by atoms with Crippen LogP contribution in [0.5, 0.6) is 0 Å². The summed E-state index contributed by atoms with van der Waals surface area (Å²) >= 11 is 0. The molecular weight excluding hydrogens is 310 g/mol. The quantitative estimate of drug-likeness (QED) is 0.788. The van der Waals surface area contributed by atoms with E-state index < -0.39 is 0 Å². The van der Waals surface area contributed by atoms with Gasteiger partial charge in [-0.05, 0) is 50.3 Å². The minimum absolute atomic E-state index is 0.503. The monoisotopic (exact) mass is 333 g/mol. The van der Waals surface area contributed by atoms with Crippen LogP contribution in [0.2, 0.25) is 0 Å². The lowest BCUT2D eigenvalue weighted by atomic mass is 9.91. The second-order valence-corrected chi connectivity index (χ2v) is 6.95. The molecule has 1 saturated carbocycles. The standard InChI is InChI=1S/C20H23N5/c1-12-6-4-7-13(2)17(12)19-18-15(20(21)23-11-22-18)10-16(24-19)25(3)14-8-5-9-14/h4,6-7,10-11,14H,5,8-9H2,1-3H3,(H2,21,22,23). The summed E-state index contributed by atoms with van der Waals surface area (Å²) in [5.41, 5.74) is 11.4. The van der Waals surface area contributed by atoms with Crippen molar-refractivity contribution in [2.24, 2.45) is 0 Å². The van der Waals surface area contributed by atoms with Crippen molar-refractivity contribution in [2.75, 3.05) is 17.7 Å². The third-order valence-corrected chi connectivity index (χ3v) is 5.34. The molecular formula is C20H23N5. The van der Waals surface area contributed by atoms with Crippen molar-refractivity contribution in [3.05, 3.63) is 41.7 Å². The third kappa shape index (κ3) is 2.60. The van der Waals surface area contributed by atoms with E-state index in [1.165, 1.54) is 36.7 Å². The first-order valence-corrected chi connectivity index (χ1v) is 8.77. The number of nitrogen functional groups attached to an aromatic ring is 1. The van der Waals surface area contributed by atoms with E-state index in [-0.39, 0.29) is 0 Å². The lowest BCUT2D eigenvalue weighted by Gasteiger charge is -2.36. The van der Waals surface area contributed by atoms with Crippen molar-refractivity contribution in [1.82, 2.24) is 15.0 Å². The summed E-state index contributed by atoms with van der Waals surface area (Å²) < 4.78 is 0. The van der Waals surface area contributed by atoms with Crippen molar-refractivity contribution >= 4 is 22.5 Å². The van der Waals surface area contributed by atoms with E-state index in [0.717, 1.165) is 28.0 Å². The Morgan fingerprint density at radius 3 is 2.48 bits per heavy atom. The van der Waals surface area contributed by atoms with Crippen LogP contribution in [-0.4, -0.2) is 28.0 Å². The molecule has 2 heterocycles. The fourth-order valence-corrected chi connectivity index (χ4v) is 3.57. The number of pyridine rings is 1. The van der Waals surface area contributed by atoms with Gasteiger partial charge in [-0.15, -0.1) is 0 Å². The summed E-state index contributed by atoms with van der Waals surface area (Å²) in [6, 6.07) is 8.89. The molecule has 2 N–H and O–H groups in total. The van der Waals surface area contributed by atoms with Crippen LogP contribution in [0.1, 0.15) is 30.4 Å². The zero-order valence-corrected chi connectivity index (χ0v) is 15.0. The third-order valence-electron chi connectivity index (χ3n) is 5.34. The molecule has 0 radical (unpaired) electrons. The largest absolute Gasteiger partial charge is 0.383 e. The zero-order valence-electron chi connectivity index (χ0n) is 15.0. The van der Waals surface area contributed by atoms with Crippen LogP contribution >= 0.6 is 0 Å². The van der Waals surface area contributed by atoms with Gasteiger partial charge in [-0.2, -0.15) is 0 Å². The van der Waals surface area contributed by atoms with Gasteiger partial charge in [0, 0.05) is 24.0 Å². The van der Waals surface area contributed by atoms with Gasteiger partial charge < -0.3 is 10.6 Å². The predicted molar refractivity (Wildman–Crippen MR) is 103 cm³/mol. The minimum atomic E-state index is 0.503. The summed E-state index contributed by atoms with van der Waals surface area (Å²) in [6.45, 7) is 4.23. The number of benzene rings is 1. The van der Waals surface area contributed by atoms with Crippen molar-refractivity contribution in [2.45, 2.75) is 39.2 Å². The Labute approximate surface area is 147 Å². The van der Waals surface area contributed by atoms with Gasteiger partial charge in [0.25, 0.3) is 0 Å². The number of hydrogen-bond acceptors (Lipinski definition) is 5. The molecule has 25 heavy (non-hydrogen) atoms. The van der Waals surface area contributed by atoms with E-state index >= 15 is 0 Å². The maximum Gasteiger partial charge on any atom is 0.134 e. The Bertz CT molecular complexity index is 926. The van der Waals surface area contributed by atoms with Gasteiger partial charge in [-0.3, -0.25) is 0 Å². The molecule has 0 amide bonds. The van der Waals surface area contributed by atoms with Crippen molar-refractivity contribution < 1.29 is 0 Å². The Balaban J connectivity index is 2.00. The van der Waals surface area contributed by atoms with Gasteiger partial charge in [0.1, 0.15) is 23.5 Å². The molecule has 2 aromatic heterocycles. The highest BCUT2D eigenvalue weighted by Gasteiger charge is 2.25. The van der Waals surface area contributed by atoms with Crippen molar-refractivity contribution in [3.63, 3.8) is 0 Å². The SMILES string of the molecule is Cc1cccc(C)c1-c1nc(N(C)C2CCC2)cc2c(N)ncnc12. The van der Waals surface area contributed by atoms with Crippen LogP contribution < -0.4 is 10.6 Å². The van der Waals surface area contributed by atoms with E-state index in [2.05, 4.69) is 54.0 Å². The number of aromatic nitrogens is 3. The van der Waals surface area contributed by atoms with Crippen LogP contribution in [0.3, 0.4) is 0 Å². The number of nitrogens with zero attached hydrogens (tertiary/aromatic N) is 4. The lowest BCUT2D eigenvalue weighted by molar-refractivity contribution is 0.399. The predicted octanol–water partition coefficient (Wildman–Crippen LogP) is 3.88. The van der Waals surface area contributed by atoms with Gasteiger partial charge in [-0.25, -0.2) is 15.0 Å². The van der Waals surface area contributed by atoms with Crippen LogP contribution in [0, 0.1) is 13.8 Å². The molecule has 0 saturated heterocycles. The molecule has 1 aromatic carbocycles. The molecule has 0 unspecified atom stereocenters. The van der Waals surface area contributed by atoms with Crippen LogP contribution in [0.25, 0.3) is 22.2 Å². The molecule has 1 aliphatic carbocycles. The maximum absolute atomic E-state index is 6.17. The number of rotatable bonds is 3. The highest BCUT2D eigenvalue weighted by molar-refractivity contribution is 5.99. The number of nitrogens with two attached hydrogens (primary N) is 1. The van der Waals surface area contributed by atoms with Crippen molar-refractivity contribution in [3.8, 4) is 11.3 Å². The molecule has 3 aromatic rings. The molecule has 1 aliphatic rings. The Morgan fingerprint density at radius 2 is 1.84 bits per heavy atom. The average molecular weight is 333 g/mol. The summed E-state index contributed by atoms with van der Waals surface area (Å²) in [7, 11) is 2.12. The molecule has 1 fully saturated rings. The fourth-order valence-electron chi connectivity index (χ4n) is 3.57. The van der Waals surface area contributed by atoms with Crippen LogP contribution in [-0.2, 0) is 0 Å². The smallest absolute Gasteiger partial charge is 0.134 e. The van der Waals surface area contributed by atoms with E-state index in [1.54, 1.807) is 0 Å². The maximum atomic E-state index is 6.17. The van der Waals surface area contributed by atoms with Gasteiger partial charge in [0.15, 0.2) is 0 Å². The molecule has 0 bridgehead atoms. The molecule has 128 valence electrons. The van der Waals surface area contributed by atoms with Gasteiger partial charge in [0.2, 0.25) is 0 Å². The number of aryl methyl sites for hydroxylation is 2. The van der Waals surface area contributed by atoms with Crippen molar-refractivity contribution in [1.29, 1.82) is 0 Å². The Morgan fingerprint density at radius 1 is 1.12 bits per heavy atom. The fraction of sp³-hybridized carbons (Fsp3) is 0.350. The molecule has 5 nitrogen and oxygen atoms in total. The highest BCUT2D eigenvalue weighted by Crippen LogP contribution is 2.36. The second kappa shape index (κ2) is 5.99. The normalized spacial score (nSPS) is 14.5. The van der Waals surface area contributed by atoms with E-state index in [9.17, 15) is 0 Å². The Hall–Kier alpha value is -2.69. The highest BCUT2D eigenvalue weighted by atomic mass is 15.2. The molecule has 0 aliphatic heterocycles. The summed E-state index contributed by atoms with van der Waals surface area (Å²) in [4.78, 5) is 16.0. The van der Waals surface area contributed by atoms with E-state index in [1.807, 2.05) is 6.07 Å². The van der Waals surface area contributed by atoms with Crippen LogP contribution in [0.4, 0.5) is 11.6 Å².